The van der Waals surface area contributed by atoms with Crippen molar-refractivity contribution < 1.29 is 0 Å². The van der Waals surface area contributed by atoms with Gasteiger partial charge in [0, 0.05) is 23.8 Å². The SMILES string of the molecule is CC(CC(NN)c1cccc2ccncc12)C(C)(C)C. The molecule has 0 spiro atoms. The van der Waals surface area contributed by atoms with Gasteiger partial charge < -0.3 is 0 Å². The first-order valence-electron chi connectivity index (χ1n) is 7.22. The van der Waals surface area contributed by atoms with Crippen LogP contribution in [0.4, 0.5) is 0 Å². The fraction of sp³-hybridized carbons (Fsp3) is 0.471. The number of hydrazine groups is 1. The minimum absolute atomic E-state index is 0.150. The highest BCUT2D eigenvalue weighted by Crippen LogP contribution is 2.34. The van der Waals surface area contributed by atoms with Gasteiger partial charge in [-0.3, -0.25) is 16.3 Å². The van der Waals surface area contributed by atoms with Crippen LogP contribution in [0, 0.1) is 11.3 Å². The lowest BCUT2D eigenvalue weighted by atomic mass is 9.77. The predicted octanol–water partition coefficient (Wildman–Crippen LogP) is 3.81. The Balaban J connectivity index is 2.35. The first-order valence-corrected chi connectivity index (χ1v) is 7.22. The molecule has 0 aliphatic heterocycles. The van der Waals surface area contributed by atoms with Crippen molar-refractivity contribution in [3.8, 4) is 0 Å². The zero-order valence-electron chi connectivity index (χ0n) is 12.9. The van der Waals surface area contributed by atoms with Crippen LogP contribution in [-0.2, 0) is 0 Å². The molecule has 1 heterocycles. The quantitative estimate of drug-likeness (QED) is 0.656. The summed E-state index contributed by atoms with van der Waals surface area (Å²) in [5, 5.41) is 2.39. The molecule has 1 aromatic heterocycles. The highest BCUT2D eigenvalue weighted by atomic mass is 15.2. The van der Waals surface area contributed by atoms with Crippen LogP contribution in [0.2, 0.25) is 0 Å². The van der Waals surface area contributed by atoms with E-state index in [-0.39, 0.29) is 11.5 Å². The summed E-state index contributed by atoms with van der Waals surface area (Å²) >= 11 is 0. The van der Waals surface area contributed by atoms with Gasteiger partial charge in [0.2, 0.25) is 0 Å². The van der Waals surface area contributed by atoms with Crippen molar-refractivity contribution >= 4 is 10.8 Å². The number of aromatic nitrogens is 1. The zero-order valence-corrected chi connectivity index (χ0v) is 12.9. The van der Waals surface area contributed by atoms with Crippen molar-refractivity contribution in [1.29, 1.82) is 0 Å². The van der Waals surface area contributed by atoms with Crippen LogP contribution >= 0.6 is 0 Å². The molecule has 0 saturated carbocycles. The van der Waals surface area contributed by atoms with Gasteiger partial charge in [-0.1, -0.05) is 45.9 Å². The molecule has 0 radical (unpaired) electrons. The Labute approximate surface area is 121 Å². The summed E-state index contributed by atoms with van der Waals surface area (Å²) in [6.45, 7) is 9.11. The van der Waals surface area contributed by atoms with Crippen molar-refractivity contribution in [3.05, 3.63) is 42.2 Å². The topological polar surface area (TPSA) is 50.9 Å². The monoisotopic (exact) mass is 271 g/mol. The fourth-order valence-electron chi connectivity index (χ4n) is 2.43. The molecule has 0 aliphatic rings. The van der Waals surface area contributed by atoms with Gasteiger partial charge in [0.1, 0.15) is 0 Å². The van der Waals surface area contributed by atoms with E-state index in [1.54, 1.807) is 0 Å². The van der Waals surface area contributed by atoms with E-state index in [9.17, 15) is 0 Å². The third kappa shape index (κ3) is 3.17. The third-order valence-corrected chi connectivity index (χ3v) is 4.36. The van der Waals surface area contributed by atoms with E-state index >= 15 is 0 Å². The predicted molar refractivity (Wildman–Crippen MR) is 85.0 cm³/mol. The van der Waals surface area contributed by atoms with Crippen molar-refractivity contribution in [1.82, 2.24) is 10.4 Å². The summed E-state index contributed by atoms with van der Waals surface area (Å²) in [6, 6.07) is 8.53. The van der Waals surface area contributed by atoms with Gasteiger partial charge in [0.25, 0.3) is 0 Å². The normalized spacial score (nSPS) is 15.2. The van der Waals surface area contributed by atoms with Gasteiger partial charge in [-0.15, -0.1) is 0 Å². The number of hydrogen-bond donors (Lipinski definition) is 2. The Morgan fingerprint density at radius 3 is 2.65 bits per heavy atom. The number of nitrogens with two attached hydrogens (primary N) is 1. The van der Waals surface area contributed by atoms with Gasteiger partial charge in [0.05, 0.1) is 0 Å². The molecule has 0 amide bonds. The number of hydrogen-bond acceptors (Lipinski definition) is 3. The summed E-state index contributed by atoms with van der Waals surface area (Å²) in [7, 11) is 0. The van der Waals surface area contributed by atoms with Crippen LogP contribution in [0.25, 0.3) is 10.8 Å². The van der Waals surface area contributed by atoms with E-state index in [2.05, 4.69) is 56.3 Å². The Hall–Kier alpha value is -1.45. The second-order valence-corrected chi connectivity index (χ2v) is 6.67. The minimum Gasteiger partial charge on any atom is -0.271 e. The maximum Gasteiger partial charge on any atom is 0.0469 e. The molecule has 108 valence electrons. The van der Waals surface area contributed by atoms with Crippen LogP contribution in [-0.4, -0.2) is 4.98 Å². The number of pyridine rings is 1. The molecule has 0 aliphatic carbocycles. The van der Waals surface area contributed by atoms with Crippen LogP contribution in [0.5, 0.6) is 0 Å². The molecule has 3 N–H and O–H groups in total. The molecule has 2 atom stereocenters. The van der Waals surface area contributed by atoms with Gasteiger partial charge in [-0.05, 0) is 34.8 Å². The number of rotatable bonds is 4. The zero-order chi connectivity index (χ0) is 14.8. The van der Waals surface area contributed by atoms with E-state index < -0.39 is 0 Å². The molecule has 2 rings (SSSR count). The van der Waals surface area contributed by atoms with Crippen LogP contribution in [0.1, 0.15) is 45.7 Å². The molecule has 0 fully saturated rings. The van der Waals surface area contributed by atoms with Gasteiger partial charge in [-0.25, -0.2) is 0 Å². The van der Waals surface area contributed by atoms with E-state index in [0.29, 0.717) is 5.92 Å². The lowest BCUT2D eigenvalue weighted by molar-refractivity contribution is 0.224. The summed E-state index contributed by atoms with van der Waals surface area (Å²) in [5.74, 6) is 6.38. The second kappa shape index (κ2) is 5.90. The number of nitrogens with zero attached hydrogens (tertiary/aromatic N) is 1. The number of benzene rings is 1. The third-order valence-electron chi connectivity index (χ3n) is 4.36. The Kier molecular flexibility index (Phi) is 4.41. The minimum atomic E-state index is 0.150. The highest BCUT2D eigenvalue weighted by molar-refractivity contribution is 5.85. The first-order chi connectivity index (χ1) is 9.43. The highest BCUT2D eigenvalue weighted by Gasteiger charge is 2.24. The molecule has 0 saturated heterocycles. The Bertz CT molecular complexity index is 566. The maximum absolute atomic E-state index is 5.82. The maximum atomic E-state index is 5.82. The smallest absolute Gasteiger partial charge is 0.0469 e. The molecule has 2 aromatic rings. The fourth-order valence-corrected chi connectivity index (χ4v) is 2.43. The summed E-state index contributed by atoms with van der Waals surface area (Å²) in [4.78, 5) is 4.25. The van der Waals surface area contributed by atoms with Crippen molar-refractivity contribution in [2.24, 2.45) is 17.2 Å². The van der Waals surface area contributed by atoms with Crippen molar-refractivity contribution in [3.63, 3.8) is 0 Å². The van der Waals surface area contributed by atoms with Crippen molar-refractivity contribution in [2.75, 3.05) is 0 Å². The number of fused-ring (bicyclic) bond motifs is 1. The van der Waals surface area contributed by atoms with Crippen molar-refractivity contribution in [2.45, 2.75) is 40.2 Å². The van der Waals surface area contributed by atoms with Crippen LogP contribution < -0.4 is 11.3 Å². The average molecular weight is 271 g/mol. The van der Waals surface area contributed by atoms with Crippen LogP contribution in [0.3, 0.4) is 0 Å². The first kappa shape index (κ1) is 14.9. The number of nitrogens with one attached hydrogen (secondary N) is 1. The molecule has 2 unspecified atom stereocenters. The lowest BCUT2D eigenvalue weighted by Crippen LogP contribution is -2.32. The average Bonchev–Trinajstić information content (AvgIpc) is 2.43. The summed E-state index contributed by atoms with van der Waals surface area (Å²) in [6.07, 6.45) is 4.76. The van der Waals surface area contributed by atoms with E-state index in [0.717, 1.165) is 6.42 Å². The summed E-state index contributed by atoms with van der Waals surface area (Å²) < 4.78 is 0. The summed E-state index contributed by atoms with van der Waals surface area (Å²) in [5.41, 5.74) is 4.49. The molecule has 3 nitrogen and oxygen atoms in total. The molecular weight excluding hydrogens is 246 g/mol. The standard InChI is InChI=1S/C17H25N3/c1-12(17(2,3)4)10-16(20-18)14-7-5-6-13-8-9-19-11-15(13)14/h5-9,11-12,16,20H,10,18H2,1-4H3. The van der Waals surface area contributed by atoms with E-state index in [4.69, 9.17) is 5.84 Å². The molecular formula is C17H25N3. The van der Waals surface area contributed by atoms with E-state index in [1.165, 1.54) is 16.3 Å². The van der Waals surface area contributed by atoms with E-state index in [1.807, 2.05) is 18.5 Å². The second-order valence-electron chi connectivity index (χ2n) is 6.67. The molecule has 1 aromatic carbocycles. The molecule has 20 heavy (non-hydrogen) atoms. The Morgan fingerprint density at radius 2 is 2.00 bits per heavy atom. The van der Waals surface area contributed by atoms with Gasteiger partial charge in [-0.2, -0.15) is 0 Å². The van der Waals surface area contributed by atoms with Gasteiger partial charge >= 0.3 is 0 Å². The van der Waals surface area contributed by atoms with Crippen LogP contribution in [0.15, 0.2) is 36.7 Å². The lowest BCUT2D eigenvalue weighted by Gasteiger charge is -2.31. The largest absolute Gasteiger partial charge is 0.271 e. The molecule has 3 heteroatoms. The van der Waals surface area contributed by atoms with Gasteiger partial charge in [0.15, 0.2) is 0 Å². The Morgan fingerprint density at radius 1 is 1.25 bits per heavy atom. The molecule has 0 bridgehead atoms.